The van der Waals surface area contributed by atoms with Crippen molar-refractivity contribution in [2.45, 2.75) is 25.8 Å². The number of amides is 1. The number of nitrogens with one attached hydrogen (secondary N) is 1. The smallest absolute Gasteiger partial charge is 0.481 e. The number of ether oxygens (including phenoxy) is 2. The number of rotatable bonds is 9. The molecule has 7 nitrogen and oxygen atoms in total. The number of fused-ring (bicyclic) bond motifs is 1. The van der Waals surface area contributed by atoms with Crippen molar-refractivity contribution in [3.8, 4) is 22.9 Å². The second-order valence-corrected chi connectivity index (χ2v) is 8.39. The van der Waals surface area contributed by atoms with Crippen LogP contribution in [0.1, 0.15) is 35.4 Å². The average Bonchev–Trinajstić information content (AvgIpc) is 2.88. The van der Waals surface area contributed by atoms with Gasteiger partial charge in [0.2, 0.25) is 5.88 Å². The van der Waals surface area contributed by atoms with Gasteiger partial charge in [-0.1, -0.05) is 30.3 Å². The van der Waals surface area contributed by atoms with Crippen LogP contribution < -0.4 is 14.8 Å². The van der Waals surface area contributed by atoms with Crippen LogP contribution in [0.5, 0.6) is 11.6 Å². The lowest BCUT2D eigenvalue weighted by Gasteiger charge is -2.17. The van der Waals surface area contributed by atoms with Crippen molar-refractivity contribution >= 4 is 22.6 Å². The zero-order valence-corrected chi connectivity index (χ0v) is 20.2. The summed E-state index contributed by atoms with van der Waals surface area (Å²) >= 11 is 0. The van der Waals surface area contributed by atoms with Crippen LogP contribution >= 0.6 is 0 Å². The molecular weight excluding hydrogens is 501 g/mol. The minimum atomic E-state index is -4.78. The van der Waals surface area contributed by atoms with E-state index in [2.05, 4.69) is 15.0 Å². The molecule has 2 N–H and O–H groups in total. The highest BCUT2D eigenvalue weighted by Crippen LogP contribution is 2.33. The highest BCUT2D eigenvalue weighted by molar-refractivity contribution is 5.94. The number of aliphatic carboxylic acids is 1. The fraction of sp³-hybridized carbons (Fsp3) is 0.179. The second-order valence-electron chi connectivity index (χ2n) is 8.39. The third kappa shape index (κ3) is 6.78. The number of halogens is 3. The SMILES string of the molecule is CC(Oc1nc(-c2ccc(OC(F)(F)F)cc2)cc2ccccc12)c1ccc(C(=O)NCCC(=O)O)cc1. The molecule has 196 valence electrons. The summed E-state index contributed by atoms with van der Waals surface area (Å²) in [6.45, 7) is 1.86. The largest absolute Gasteiger partial charge is 0.573 e. The normalized spacial score (nSPS) is 12.1. The highest BCUT2D eigenvalue weighted by Gasteiger charge is 2.31. The van der Waals surface area contributed by atoms with Crippen LogP contribution in [0.4, 0.5) is 13.2 Å². The van der Waals surface area contributed by atoms with Crippen LogP contribution in [0.2, 0.25) is 0 Å². The zero-order chi connectivity index (χ0) is 27.3. The summed E-state index contributed by atoms with van der Waals surface area (Å²) in [5.74, 6) is -1.36. The molecule has 1 aromatic heterocycles. The minimum absolute atomic E-state index is 0.0304. The summed E-state index contributed by atoms with van der Waals surface area (Å²) in [6, 6.07) is 21.4. The van der Waals surface area contributed by atoms with Crippen LogP contribution in [0.25, 0.3) is 22.0 Å². The summed E-state index contributed by atoms with van der Waals surface area (Å²) in [4.78, 5) is 27.5. The third-order valence-corrected chi connectivity index (χ3v) is 5.64. The number of carboxylic acid groups (broad SMARTS) is 1. The number of aromatic nitrogens is 1. The second kappa shape index (κ2) is 11.2. The van der Waals surface area contributed by atoms with Gasteiger partial charge in [0.05, 0.1) is 12.1 Å². The van der Waals surface area contributed by atoms with Gasteiger partial charge in [0.1, 0.15) is 11.9 Å². The van der Waals surface area contributed by atoms with Crippen LogP contribution in [0.15, 0.2) is 78.9 Å². The Morgan fingerprint density at radius 1 is 1.00 bits per heavy atom. The average molecular weight is 524 g/mol. The molecule has 0 aliphatic carbocycles. The molecule has 1 amide bonds. The fourth-order valence-corrected chi connectivity index (χ4v) is 3.76. The minimum Gasteiger partial charge on any atom is -0.481 e. The lowest BCUT2D eigenvalue weighted by molar-refractivity contribution is -0.274. The maximum atomic E-state index is 12.5. The van der Waals surface area contributed by atoms with Gasteiger partial charge in [0.25, 0.3) is 5.91 Å². The Morgan fingerprint density at radius 2 is 1.68 bits per heavy atom. The molecule has 1 atom stereocenters. The molecule has 10 heteroatoms. The standard InChI is InChI=1S/C28H23F3N2O5/c1-17(18-6-8-20(9-7-18)26(36)32-15-14-25(34)35)37-27-23-5-3-2-4-21(23)16-24(33-27)19-10-12-22(13-11-19)38-28(29,30)31/h2-13,16-17H,14-15H2,1H3,(H,32,36)(H,34,35). The molecule has 0 saturated heterocycles. The van der Waals surface area contributed by atoms with Gasteiger partial charge in [-0.3, -0.25) is 9.59 Å². The fourth-order valence-electron chi connectivity index (χ4n) is 3.76. The first-order valence-electron chi connectivity index (χ1n) is 11.6. The number of alkyl halides is 3. The van der Waals surface area contributed by atoms with E-state index in [0.717, 1.165) is 16.3 Å². The Kier molecular flexibility index (Phi) is 7.80. The van der Waals surface area contributed by atoms with Crippen molar-refractivity contribution in [1.82, 2.24) is 10.3 Å². The lowest BCUT2D eigenvalue weighted by atomic mass is 10.1. The number of carbonyl (C=O) groups is 2. The Bertz CT molecular complexity index is 1440. The van der Waals surface area contributed by atoms with Gasteiger partial charge in [0.15, 0.2) is 0 Å². The third-order valence-electron chi connectivity index (χ3n) is 5.64. The maximum absolute atomic E-state index is 12.5. The first kappa shape index (κ1) is 26.5. The Labute approximate surface area is 215 Å². The van der Waals surface area contributed by atoms with Gasteiger partial charge in [-0.15, -0.1) is 13.2 Å². The molecule has 0 saturated carbocycles. The predicted octanol–water partition coefficient (Wildman–Crippen LogP) is 6.14. The van der Waals surface area contributed by atoms with Crippen LogP contribution in [0, 0.1) is 0 Å². The van der Waals surface area contributed by atoms with Crippen molar-refractivity contribution in [3.05, 3.63) is 90.0 Å². The Balaban J connectivity index is 1.54. The van der Waals surface area contributed by atoms with Gasteiger partial charge in [-0.05, 0) is 66.4 Å². The molecule has 0 radical (unpaired) electrons. The molecule has 0 spiro atoms. The van der Waals surface area contributed by atoms with Crippen LogP contribution in [-0.2, 0) is 4.79 Å². The number of carboxylic acids is 1. The first-order valence-corrected chi connectivity index (χ1v) is 11.6. The van der Waals surface area contributed by atoms with E-state index in [1.165, 1.54) is 24.3 Å². The van der Waals surface area contributed by atoms with Crippen molar-refractivity contribution < 1.29 is 37.3 Å². The molecule has 38 heavy (non-hydrogen) atoms. The summed E-state index contributed by atoms with van der Waals surface area (Å²) < 4.78 is 47.7. The van der Waals surface area contributed by atoms with E-state index in [9.17, 15) is 22.8 Å². The van der Waals surface area contributed by atoms with Crippen LogP contribution in [-0.4, -0.2) is 34.9 Å². The monoisotopic (exact) mass is 524 g/mol. The molecule has 3 aromatic carbocycles. The molecule has 0 aliphatic heterocycles. The van der Waals surface area contributed by atoms with E-state index in [0.29, 0.717) is 22.7 Å². The molecule has 0 bridgehead atoms. The Hall–Kier alpha value is -4.60. The number of benzene rings is 3. The van der Waals surface area contributed by atoms with Gasteiger partial charge < -0.3 is 19.9 Å². The van der Waals surface area contributed by atoms with Gasteiger partial charge in [-0.2, -0.15) is 0 Å². The Morgan fingerprint density at radius 3 is 2.34 bits per heavy atom. The molecule has 0 fully saturated rings. The summed E-state index contributed by atoms with van der Waals surface area (Å²) in [7, 11) is 0. The van der Waals surface area contributed by atoms with E-state index in [-0.39, 0.29) is 24.6 Å². The van der Waals surface area contributed by atoms with Crippen molar-refractivity contribution in [3.63, 3.8) is 0 Å². The number of carbonyl (C=O) groups excluding carboxylic acids is 1. The van der Waals surface area contributed by atoms with E-state index in [1.807, 2.05) is 37.3 Å². The molecule has 1 unspecified atom stereocenters. The topological polar surface area (TPSA) is 97.8 Å². The zero-order valence-electron chi connectivity index (χ0n) is 20.2. The quantitative estimate of drug-likeness (QED) is 0.273. The van der Waals surface area contributed by atoms with Gasteiger partial charge >= 0.3 is 12.3 Å². The predicted molar refractivity (Wildman–Crippen MR) is 134 cm³/mol. The van der Waals surface area contributed by atoms with E-state index in [1.54, 1.807) is 24.3 Å². The van der Waals surface area contributed by atoms with E-state index >= 15 is 0 Å². The highest BCUT2D eigenvalue weighted by atomic mass is 19.4. The number of nitrogens with zero attached hydrogens (tertiary/aromatic N) is 1. The first-order chi connectivity index (χ1) is 18.1. The number of hydrogen-bond donors (Lipinski definition) is 2. The van der Waals surface area contributed by atoms with Crippen molar-refractivity contribution in [2.75, 3.05) is 6.54 Å². The van der Waals surface area contributed by atoms with E-state index < -0.39 is 18.4 Å². The van der Waals surface area contributed by atoms with Gasteiger partial charge in [-0.25, -0.2) is 4.98 Å². The van der Waals surface area contributed by atoms with Crippen LogP contribution in [0.3, 0.4) is 0 Å². The number of pyridine rings is 1. The molecule has 4 aromatic rings. The number of hydrogen-bond acceptors (Lipinski definition) is 5. The molecule has 4 rings (SSSR count). The molecular formula is C28H23F3N2O5. The van der Waals surface area contributed by atoms with Gasteiger partial charge in [0, 0.05) is 23.1 Å². The summed E-state index contributed by atoms with van der Waals surface area (Å²) in [5, 5.41) is 12.8. The molecule has 0 aliphatic rings. The van der Waals surface area contributed by atoms with Crippen molar-refractivity contribution in [1.29, 1.82) is 0 Å². The lowest BCUT2D eigenvalue weighted by Crippen LogP contribution is -2.25. The summed E-state index contributed by atoms with van der Waals surface area (Å²) in [5.41, 5.74) is 2.26. The van der Waals surface area contributed by atoms with E-state index in [4.69, 9.17) is 9.84 Å². The summed E-state index contributed by atoms with van der Waals surface area (Å²) in [6.07, 6.45) is -5.39. The van der Waals surface area contributed by atoms with Crippen molar-refractivity contribution in [2.24, 2.45) is 0 Å². The molecule has 1 heterocycles. The maximum Gasteiger partial charge on any atom is 0.573 e.